The molecule has 0 amide bonds. The summed E-state index contributed by atoms with van der Waals surface area (Å²) in [6, 6.07) is 9.50. The molecule has 1 heterocycles. The normalized spacial score (nSPS) is 10.2. The second-order valence-electron chi connectivity index (χ2n) is 3.76. The van der Waals surface area contributed by atoms with Gasteiger partial charge in [0.2, 0.25) is 5.88 Å². The maximum absolute atomic E-state index is 11.8. The third kappa shape index (κ3) is 2.76. The second kappa shape index (κ2) is 6.04. The van der Waals surface area contributed by atoms with Crippen molar-refractivity contribution in [2.75, 3.05) is 13.2 Å². The van der Waals surface area contributed by atoms with Crippen LogP contribution in [0.1, 0.15) is 24.2 Å². The largest absolute Gasteiger partial charge is 0.477 e. The van der Waals surface area contributed by atoms with E-state index >= 15 is 0 Å². The quantitative estimate of drug-likeness (QED) is 0.775. The molecule has 0 spiro atoms. The van der Waals surface area contributed by atoms with Crippen LogP contribution in [0.15, 0.2) is 36.5 Å². The Morgan fingerprint density at radius 1 is 1.21 bits per heavy atom. The van der Waals surface area contributed by atoms with Crippen LogP contribution in [0.25, 0.3) is 5.69 Å². The molecule has 0 aliphatic carbocycles. The number of nitrogens with zero attached hydrogens (tertiary/aromatic N) is 2. The molecule has 5 nitrogen and oxygen atoms in total. The number of carbonyl (C=O) groups is 1. The Kier molecular flexibility index (Phi) is 4.18. The fourth-order valence-electron chi connectivity index (χ4n) is 1.71. The van der Waals surface area contributed by atoms with Crippen LogP contribution >= 0.6 is 0 Å². The Bertz CT molecular complexity index is 549. The third-order valence-corrected chi connectivity index (χ3v) is 2.50. The molecular weight excluding hydrogens is 244 g/mol. The first-order chi connectivity index (χ1) is 9.27. The summed E-state index contributed by atoms with van der Waals surface area (Å²) in [5.41, 5.74) is 1.18. The SMILES string of the molecule is CCOC(=O)c1cnn(-c2ccccc2)c1OCC. The minimum atomic E-state index is -0.423. The number of aromatic nitrogens is 2. The Hall–Kier alpha value is -2.30. The van der Waals surface area contributed by atoms with Crippen molar-refractivity contribution in [1.29, 1.82) is 0 Å². The van der Waals surface area contributed by atoms with E-state index in [4.69, 9.17) is 9.47 Å². The maximum atomic E-state index is 11.8. The van der Waals surface area contributed by atoms with E-state index in [9.17, 15) is 4.79 Å². The molecule has 5 heteroatoms. The number of hydrogen-bond acceptors (Lipinski definition) is 4. The second-order valence-corrected chi connectivity index (χ2v) is 3.76. The topological polar surface area (TPSA) is 53.3 Å². The van der Waals surface area contributed by atoms with Crippen molar-refractivity contribution in [3.8, 4) is 11.6 Å². The number of carbonyl (C=O) groups excluding carboxylic acids is 1. The summed E-state index contributed by atoms with van der Waals surface area (Å²) in [5, 5.41) is 4.20. The molecule has 2 rings (SSSR count). The summed E-state index contributed by atoms with van der Waals surface area (Å²) in [7, 11) is 0. The number of hydrogen-bond donors (Lipinski definition) is 0. The van der Waals surface area contributed by atoms with Crippen molar-refractivity contribution in [3.05, 3.63) is 42.1 Å². The summed E-state index contributed by atoms with van der Waals surface area (Å²) < 4.78 is 12.1. The van der Waals surface area contributed by atoms with E-state index in [-0.39, 0.29) is 0 Å². The van der Waals surface area contributed by atoms with Crippen molar-refractivity contribution in [1.82, 2.24) is 9.78 Å². The van der Waals surface area contributed by atoms with Gasteiger partial charge >= 0.3 is 5.97 Å². The molecule has 0 atom stereocenters. The summed E-state index contributed by atoms with van der Waals surface area (Å²) in [6.45, 7) is 4.39. The molecule has 0 aliphatic heterocycles. The number of para-hydroxylation sites is 1. The highest BCUT2D eigenvalue weighted by Crippen LogP contribution is 2.23. The lowest BCUT2D eigenvalue weighted by atomic mass is 10.3. The lowest BCUT2D eigenvalue weighted by molar-refractivity contribution is 0.0521. The van der Waals surface area contributed by atoms with Gasteiger partial charge in [-0.1, -0.05) is 18.2 Å². The number of ether oxygens (including phenoxy) is 2. The Morgan fingerprint density at radius 3 is 2.58 bits per heavy atom. The number of esters is 1. The van der Waals surface area contributed by atoms with E-state index in [1.165, 1.54) is 6.20 Å². The van der Waals surface area contributed by atoms with Gasteiger partial charge in [0.05, 0.1) is 25.1 Å². The van der Waals surface area contributed by atoms with E-state index in [1.54, 1.807) is 11.6 Å². The van der Waals surface area contributed by atoms with Crippen LogP contribution in [-0.4, -0.2) is 29.0 Å². The molecule has 1 aromatic heterocycles. The maximum Gasteiger partial charge on any atom is 0.345 e. The van der Waals surface area contributed by atoms with E-state index < -0.39 is 5.97 Å². The van der Waals surface area contributed by atoms with Gasteiger partial charge in [0.15, 0.2) is 0 Å². The summed E-state index contributed by atoms with van der Waals surface area (Å²) in [5.74, 6) is -0.0136. The van der Waals surface area contributed by atoms with Crippen molar-refractivity contribution >= 4 is 5.97 Å². The van der Waals surface area contributed by atoms with Crippen molar-refractivity contribution in [2.45, 2.75) is 13.8 Å². The molecule has 0 bridgehead atoms. The van der Waals surface area contributed by atoms with Crippen LogP contribution in [0.4, 0.5) is 0 Å². The minimum Gasteiger partial charge on any atom is -0.477 e. The van der Waals surface area contributed by atoms with E-state index in [2.05, 4.69) is 5.10 Å². The lowest BCUT2D eigenvalue weighted by Gasteiger charge is -2.09. The molecule has 0 unspecified atom stereocenters. The molecule has 0 saturated heterocycles. The predicted molar refractivity (Wildman–Crippen MR) is 70.7 cm³/mol. The fourth-order valence-corrected chi connectivity index (χ4v) is 1.71. The van der Waals surface area contributed by atoms with Crippen molar-refractivity contribution in [3.63, 3.8) is 0 Å². The molecule has 0 N–H and O–H groups in total. The molecule has 2 aromatic rings. The van der Waals surface area contributed by atoms with Crippen molar-refractivity contribution < 1.29 is 14.3 Å². The van der Waals surface area contributed by atoms with Crippen LogP contribution < -0.4 is 4.74 Å². The molecule has 0 fully saturated rings. The molecule has 0 radical (unpaired) electrons. The van der Waals surface area contributed by atoms with Gasteiger partial charge in [-0.05, 0) is 26.0 Å². The zero-order valence-corrected chi connectivity index (χ0v) is 11.0. The summed E-state index contributed by atoms with van der Waals surface area (Å²) >= 11 is 0. The van der Waals surface area contributed by atoms with Gasteiger partial charge in [0.25, 0.3) is 0 Å². The Morgan fingerprint density at radius 2 is 1.95 bits per heavy atom. The Balaban J connectivity index is 2.43. The highest BCUT2D eigenvalue weighted by Gasteiger charge is 2.20. The van der Waals surface area contributed by atoms with Gasteiger partial charge in [-0.15, -0.1) is 0 Å². The highest BCUT2D eigenvalue weighted by atomic mass is 16.5. The van der Waals surface area contributed by atoms with Crippen LogP contribution in [0.5, 0.6) is 5.88 Å². The number of rotatable bonds is 5. The van der Waals surface area contributed by atoms with E-state index in [0.717, 1.165) is 5.69 Å². The average Bonchev–Trinajstić information content (AvgIpc) is 2.84. The van der Waals surface area contributed by atoms with Crippen LogP contribution in [0, 0.1) is 0 Å². The summed E-state index contributed by atoms with van der Waals surface area (Å²) in [6.07, 6.45) is 1.47. The molecule has 19 heavy (non-hydrogen) atoms. The van der Waals surface area contributed by atoms with Gasteiger partial charge in [0.1, 0.15) is 5.56 Å². The van der Waals surface area contributed by atoms with Gasteiger partial charge < -0.3 is 9.47 Å². The van der Waals surface area contributed by atoms with Gasteiger partial charge in [-0.25, -0.2) is 9.48 Å². The fraction of sp³-hybridized carbons (Fsp3) is 0.286. The first-order valence-corrected chi connectivity index (χ1v) is 6.21. The Labute approximate surface area is 111 Å². The van der Waals surface area contributed by atoms with E-state index in [1.807, 2.05) is 37.3 Å². The first kappa shape index (κ1) is 13.1. The van der Waals surface area contributed by atoms with Gasteiger partial charge in [0, 0.05) is 0 Å². The molecule has 100 valence electrons. The van der Waals surface area contributed by atoms with Crippen LogP contribution in [-0.2, 0) is 4.74 Å². The third-order valence-electron chi connectivity index (χ3n) is 2.50. The smallest absolute Gasteiger partial charge is 0.345 e. The monoisotopic (exact) mass is 260 g/mol. The summed E-state index contributed by atoms with van der Waals surface area (Å²) in [4.78, 5) is 11.8. The number of benzene rings is 1. The molecular formula is C14H16N2O3. The van der Waals surface area contributed by atoms with Gasteiger partial charge in [-0.3, -0.25) is 0 Å². The zero-order valence-electron chi connectivity index (χ0n) is 11.0. The van der Waals surface area contributed by atoms with Gasteiger partial charge in [-0.2, -0.15) is 5.10 Å². The molecule has 0 saturated carbocycles. The van der Waals surface area contributed by atoms with Crippen LogP contribution in [0.2, 0.25) is 0 Å². The van der Waals surface area contributed by atoms with Crippen molar-refractivity contribution in [2.24, 2.45) is 0 Å². The highest BCUT2D eigenvalue weighted by molar-refractivity contribution is 5.91. The zero-order chi connectivity index (χ0) is 13.7. The predicted octanol–water partition coefficient (Wildman–Crippen LogP) is 2.45. The average molecular weight is 260 g/mol. The minimum absolute atomic E-state index is 0.320. The lowest BCUT2D eigenvalue weighted by Crippen LogP contribution is -2.08. The molecule has 1 aromatic carbocycles. The molecule has 0 aliphatic rings. The standard InChI is InChI=1S/C14H16N2O3/c1-3-18-13-12(14(17)19-4-2)10-15-16(13)11-8-6-5-7-9-11/h5-10H,3-4H2,1-2H3. The van der Waals surface area contributed by atoms with E-state index in [0.29, 0.717) is 24.7 Å². The first-order valence-electron chi connectivity index (χ1n) is 6.21. The van der Waals surface area contributed by atoms with Crippen LogP contribution in [0.3, 0.4) is 0 Å².